The number of nitrogens with one attached hydrogen (secondary N) is 1. The van der Waals surface area contributed by atoms with Crippen LogP contribution in [-0.2, 0) is 6.42 Å². The molecule has 1 aromatic heterocycles. The number of aryl methyl sites for hydroxylation is 1. The fraction of sp³-hybridized carbons (Fsp3) is 0.286. The van der Waals surface area contributed by atoms with E-state index < -0.39 is 11.6 Å². The van der Waals surface area contributed by atoms with Crippen LogP contribution >= 0.6 is 27.3 Å². The molecule has 0 amide bonds. The summed E-state index contributed by atoms with van der Waals surface area (Å²) in [5.74, 6) is -0.965. The van der Waals surface area contributed by atoms with Crippen molar-refractivity contribution >= 4 is 27.3 Å². The zero-order chi connectivity index (χ0) is 14.0. The number of hydrogen-bond donors (Lipinski definition) is 1. The quantitative estimate of drug-likeness (QED) is 0.853. The maximum absolute atomic E-state index is 14.1. The topological polar surface area (TPSA) is 12.0 Å². The van der Waals surface area contributed by atoms with Crippen molar-refractivity contribution in [2.24, 2.45) is 0 Å². The van der Waals surface area contributed by atoms with Crippen LogP contribution in [0, 0.1) is 18.6 Å². The Labute approximate surface area is 123 Å². The van der Waals surface area contributed by atoms with Gasteiger partial charge in [-0.05, 0) is 53.7 Å². The van der Waals surface area contributed by atoms with Gasteiger partial charge in [0.1, 0.15) is 11.6 Å². The first-order valence-corrected chi connectivity index (χ1v) is 7.50. The van der Waals surface area contributed by atoms with Crippen LogP contribution in [0.2, 0.25) is 0 Å². The third-order valence-corrected chi connectivity index (χ3v) is 4.70. The molecular weight excluding hydrogens is 332 g/mol. The second-order valence-corrected chi connectivity index (χ2v) is 6.89. The zero-order valence-electron chi connectivity index (χ0n) is 10.6. The second kappa shape index (κ2) is 6.11. The van der Waals surface area contributed by atoms with E-state index in [2.05, 4.69) is 21.2 Å². The van der Waals surface area contributed by atoms with Crippen molar-refractivity contribution in [3.8, 4) is 0 Å². The predicted octanol–water partition coefficient (Wildman–Crippen LogP) is 4.60. The van der Waals surface area contributed by atoms with Gasteiger partial charge in [-0.15, -0.1) is 11.3 Å². The van der Waals surface area contributed by atoms with E-state index in [-0.39, 0.29) is 11.6 Å². The molecule has 0 saturated carbocycles. The Hall–Kier alpha value is -0.780. The molecule has 0 aliphatic carbocycles. The zero-order valence-corrected chi connectivity index (χ0v) is 13.0. The molecule has 0 aliphatic rings. The lowest BCUT2D eigenvalue weighted by Gasteiger charge is -2.18. The molecule has 0 bridgehead atoms. The minimum atomic E-state index is -0.502. The molecule has 1 unspecified atom stereocenters. The molecule has 1 N–H and O–H groups in total. The molecule has 19 heavy (non-hydrogen) atoms. The number of benzene rings is 1. The molecule has 2 aromatic rings. The van der Waals surface area contributed by atoms with Crippen LogP contribution in [0.1, 0.15) is 22.0 Å². The molecule has 0 fully saturated rings. The van der Waals surface area contributed by atoms with E-state index in [1.54, 1.807) is 25.3 Å². The summed E-state index contributed by atoms with van der Waals surface area (Å²) in [5.41, 5.74) is 0.580. The highest BCUT2D eigenvalue weighted by molar-refractivity contribution is 9.11. The lowest BCUT2D eigenvalue weighted by Crippen LogP contribution is -2.21. The van der Waals surface area contributed by atoms with E-state index in [4.69, 9.17) is 0 Å². The van der Waals surface area contributed by atoms with E-state index >= 15 is 0 Å². The van der Waals surface area contributed by atoms with Gasteiger partial charge in [-0.2, -0.15) is 0 Å². The van der Waals surface area contributed by atoms with Gasteiger partial charge in [-0.3, -0.25) is 0 Å². The first-order valence-electron chi connectivity index (χ1n) is 5.89. The minimum Gasteiger partial charge on any atom is -0.313 e. The van der Waals surface area contributed by atoms with E-state index in [9.17, 15) is 8.78 Å². The van der Waals surface area contributed by atoms with Crippen molar-refractivity contribution in [1.82, 2.24) is 5.32 Å². The fourth-order valence-corrected chi connectivity index (χ4v) is 3.54. The largest absolute Gasteiger partial charge is 0.313 e. The van der Waals surface area contributed by atoms with Gasteiger partial charge in [0.15, 0.2) is 0 Å². The van der Waals surface area contributed by atoms with Crippen molar-refractivity contribution in [2.45, 2.75) is 19.4 Å². The molecule has 0 aliphatic heterocycles. The van der Waals surface area contributed by atoms with Crippen molar-refractivity contribution in [2.75, 3.05) is 7.05 Å². The summed E-state index contributed by atoms with van der Waals surface area (Å²) in [4.78, 5) is 1.08. The Kier molecular flexibility index (Phi) is 4.71. The monoisotopic (exact) mass is 345 g/mol. The third-order valence-electron chi connectivity index (χ3n) is 3.05. The summed E-state index contributed by atoms with van der Waals surface area (Å²) in [5, 5.41) is 3.00. The second-order valence-electron chi connectivity index (χ2n) is 4.34. The molecular formula is C14H14BrF2NS. The number of halogens is 3. The highest BCUT2D eigenvalue weighted by Gasteiger charge is 2.21. The summed E-state index contributed by atoms with van der Waals surface area (Å²) < 4.78 is 29.0. The first-order chi connectivity index (χ1) is 9.02. The van der Waals surface area contributed by atoms with Gasteiger partial charge in [0.05, 0.1) is 3.79 Å². The van der Waals surface area contributed by atoms with E-state index in [1.807, 2.05) is 12.1 Å². The summed E-state index contributed by atoms with van der Waals surface area (Å²) in [7, 11) is 1.72. The van der Waals surface area contributed by atoms with E-state index in [0.29, 0.717) is 12.0 Å². The smallest absolute Gasteiger partial charge is 0.133 e. The Morgan fingerprint density at radius 1 is 1.26 bits per heavy atom. The molecule has 0 spiro atoms. The average molecular weight is 346 g/mol. The number of rotatable bonds is 4. The molecule has 5 heteroatoms. The maximum atomic E-state index is 14.1. The standard InChI is InChI=1S/C14H14BrF2NS/c1-8-3-5-10(16)13(14(8)17)11(18-2)7-9-4-6-12(15)19-9/h3-6,11,18H,7H2,1-2H3. The van der Waals surface area contributed by atoms with Gasteiger partial charge < -0.3 is 5.32 Å². The minimum absolute atomic E-state index is 0.118. The van der Waals surface area contributed by atoms with E-state index in [0.717, 1.165) is 8.66 Å². The molecule has 102 valence electrons. The Balaban J connectivity index is 2.34. The van der Waals surface area contributed by atoms with E-state index in [1.165, 1.54) is 12.1 Å². The van der Waals surface area contributed by atoms with Crippen LogP contribution in [0.15, 0.2) is 28.1 Å². The highest BCUT2D eigenvalue weighted by atomic mass is 79.9. The predicted molar refractivity (Wildman–Crippen MR) is 78.6 cm³/mol. The van der Waals surface area contributed by atoms with Crippen molar-refractivity contribution in [1.29, 1.82) is 0 Å². The summed E-state index contributed by atoms with van der Waals surface area (Å²) in [6.07, 6.45) is 0.560. The number of thiophene rings is 1. The molecule has 1 heterocycles. The number of likely N-dealkylation sites (N-methyl/N-ethyl adjacent to an activating group) is 1. The average Bonchev–Trinajstić information content (AvgIpc) is 2.78. The maximum Gasteiger partial charge on any atom is 0.133 e. The molecule has 2 rings (SSSR count). The van der Waals surface area contributed by atoms with Crippen LogP contribution in [0.5, 0.6) is 0 Å². The summed E-state index contributed by atoms with van der Waals surface area (Å²) in [6.45, 7) is 1.65. The lowest BCUT2D eigenvalue weighted by molar-refractivity contribution is 0.487. The molecule has 1 atom stereocenters. The Morgan fingerprint density at radius 3 is 2.58 bits per heavy atom. The number of hydrogen-bond acceptors (Lipinski definition) is 2. The van der Waals surface area contributed by atoms with Crippen LogP contribution in [0.25, 0.3) is 0 Å². The molecule has 1 nitrogen and oxygen atoms in total. The normalized spacial score (nSPS) is 12.7. The molecule has 1 aromatic carbocycles. The van der Waals surface area contributed by atoms with Crippen LogP contribution in [0.3, 0.4) is 0 Å². The first kappa shape index (κ1) is 14.6. The van der Waals surface area contributed by atoms with Crippen LogP contribution in [-0.4, -0.2) is 7.05 Å². The highest BCUT2D eigenvalue weighted by Crippen LogP contribution is 2.29. The lowest BCUT2D eigenvalue weighted by atomic mass is 9.99. The third kappa shape index (κ3) is 3.22. The van der Waals surface area contributed by atoms with Gasteiger partial charge in [-0.25, -0.2) is 8.78 Å². The Bertz CT molecular complexity index is 583. The Morgan fingerprint density at radius 2 is 2.00 bits per heavy atom. The van der Waals surface area contributed by atoms with Gasteiger partial charge >= 0.3 is 0 Å². The SMILES string of the molecule is CNC(Cc1ccc(Br)s1)c1c(F)ccc(C)c1F. The van der Waals surface area contributed by atoms with Gasteiger partial charge in [0.25, 0.3) is 0 Å². The summed E-state index contributed by atoms with van der Waals surface area (Å²) >= 11 is 4.96. The van der Waals surface area contributed by atoms with Gasteiger partial charge in [0.2, 0.25) is 0 Å². The van der Waals surface area contributed by atoms with Crippen molar-refractivity contribution in [3.63, 3.8) is 0 Å². The summed E-state index contributed by atoms with van der Waals surface area (Å²) in [6, 6.07) is 6.32. The van der Waals surface area contributed by atoms with Crippen LogP contribution in [0.4, 0.5) is 8.78 Å². The van der Waals surface area contributed by atoms with Crippen LogP contribution < -0.4 is 5.32 Å². The molecule has 0 radical (unpaired) electrons. The van der Waals surface area contributed by atoms with Crippen molar-refractivity contribution in [3.05, 3.63) is 55.7 Å². The van der Waals surface area contributed by atoms with Gasteiger partial charge in [0, 0.05) is 22.9 Å². The van der Waals surface area contributed by atoms with Crippen molar-refractivity contribution < 1.29 is 8.78 Å². The van der Waals surface area contributed by atoms with Gasteiger partial charge in [-0.1, -0.05) is 6.07 Å². The fourth-order valence-electron chi connectivity index (χ4n) is 2.01. The molecule has 0 saturated heterocycles.